The molecule has 9 heteroatoms. The molecule has 9 nitrogen and oxygen atoms in total. The summed E-state index contributed by atoms with van der Waals surface area (Å²) in [4.78, 5) is 31.7. The first-order valence-corrected chi connectivity index (χ1v) is 16.6. The number of oxazole rings is 2. The number of amides is 1. The Kier molecular flexibility index (Phi) is 23.0. The van der Waals surface area contributed by atoms with Crippen molar-refractivity contribution in [1.29, 1.82) is 0 Å². The van der Waals surface area contributed by atoms with E-state index < -0.39 is 0 Å². The second kappa shape index (κ2) is 25.5. The van der Waals surface area contributed by atoms with Gasteiger partial charge in [0.1, 0.15) is 5.69 Å². The monoisotopic (exact) mass is 644 g/mol. The summed E-state index contributed by atoms with van der Waals surface area (Å²) >= 11 is 0. The SMILES string of the molecule is CC.CC.CC.CC(C)C(=O)NCc1ccncc1.CC(C)c1ncc(-c2ccccn2)o1.CC(C)c1ncc(-c2cccnc2)o1. The molecule has 0 aliphatic heterocycles. The van der Waals surface area contributed by atoms with Crippen molar-refractivity contribution in [3.8, 4) is 22.8 Å². The third kappa shape index (κ3) is 16.5. The minimum Gasteiger partial charge on any atom is -0.440 e. The summed E-state index contributed by atoms with van der Waals surface area (Å²) in [6.45, 7) is 24.5. The highest BCUT2D eigenvalue weighted by Gasteiger charge is 2.10. The van der Waals surface area contributed by atoms with Crippen LogP contribution in [0.1, 0.15) is 112 Å². The fraction of sp³-hybridized carbons (Fsp3) is 0.421. The van der Waals surface area contributed by atoms with Gasteiger partial charge in [-0.15, -0.1) is 0 Å². The molecule has 47 heavy (non-hydrogen) atoms. The Bertz CT molecular complexity index is 1350. The summed E-state index contributed by atoms with van der Waals surface area (Å²) in [6, 6.07) is 13.3. The predicted molar refractivity (Wildman–Crippen MR) is 193 cm³/mol. The van der Waals surface area contributed by atoms with Crippen LogP contribution >= 0.6 is 0 Å². The first-order valence-electron chi connectivity index (χ1n) is 16.6. The molecule has 0 aliphatic carbocycles. The van der Waals surface area contributed by atoms with Crippen LogP contribution in [-0.4, -0.2) is 30.8 Å². The lowest BCUT2D eigenvalue weighted by Crippen LogP contribution is -2.27. The lowest BCUT2D eigenvalue weighted by atomic mass is 10.2. The fourth-order valence-corrected chi connectivity index (χ4v) is 3.27. The molecule has 256 valence electrons. The lowest BCUT2D eigenvalue weighted by molar-refractivity contribution is -0.124. The van der Waals surface area contributed by atoms with E-state index in [0.29, 0.717) is 18.4 Å². The first-order chi connectivity index (χ1) is 22.7. The summed E-state index contributed by atoms with van der Waals surface area (Å²) in [5.41, 5.74) is 2.86. The zero-order valence-corrected chi connectivity index (χ0v) is 30.5. The molecule has 5 aromatic heterocycles. The normalized spacial score (nSPS) is 9.60. The van der Waals surface area contributed by atoms with Gasteiger partial charge >= 0.3 is 0 Å². The van der Waals surface area contributed by atoms with Crippen LogP contribution in [-0.2, 0) is 11.3 Å². The quantitative estimate of drug-likeness (QED) is 0.186. The van der Waals surface area contributed by atoms with Gasteiger partial charge in [0.25, 0.3) is 0 Å². The van der Waals surface area contributed by atoms with Crippen molar-refractivity contribution in [3.63, 3.8) is 0 Å². The number of carbonyl (C=O) groups is 1. The Morgan fingerprint density at radius 1 is 0.638 bits per heavy atom. The molecule has 0 bridgehead atoms. The van der Waals surface area contributed by atoms with Gasteiger partial charge in [0.15, 0.2) is 23.3 Å². The number of hydrogen-bond donors (Lipinski definition) is 1. The predicted octanol–water partition coefficient (Wildman–Crippen LogP) is 10.2. The van der Waals surface area contributed by atoms with Crippen LogP contribution in [0.3, 0.4) is 0 Å². The Morgan fingerprint density at radius 3 is 1.68 bits per heavy atom. The molecule has 5 heterocycles. The molecule has 1 amide bonds. The highest BCUT2D eigenvalue weighted by Crippen LogP contribution is 2.23. The van der Waals surface area contributed by atoms with Crippen LogP contribution in [0.5, 0.6) is 0 Å². The van der Waals surface area contributed by atoms with Gasteiger partial charge in [0, 0.05) is 60.8 Å². The van der Waals surface area contributed by atoms with Crippen molar-refractivity contribution in [1.82, 2.24) is 30.2 Å². The van der Waals surface area contributed by atoms with Gasteiger partial charge in [0.2, 0.25) is 5.91 Å². The van der Waals surface area contributed by atoms with E-state index in [2.05, 4.69) is 44.1 Å². The van der Waals surface area contributed by atoms with E-state index >= 15 is 0 Å². The molecule has 0 spiro atoms. The highest BCUT2D eigenvalue weighted by molar-refractivity contribution is 5.77. The number of nitrogens with zero attached hydrogens (tertiary/aromatic N) is 5. The third-order valence-electron chi connectivity index (χ3n) is 5.64. The molecular formula is C38H56N6O3. The lowest BCUT2D eigenvalue weighted by Gasteiger charge is -2.06. The van der Waals surface area contributed by atoms with Gasteiger partial charge < -0.3 is 14.2 Å². The van der Waals surface area contributed by atoms with E-state index in [0.717, 1.165) is 40.1 Å². The van der Waals surface area contributed by atoms with Crippen LogP contribution in [0.15, 0.2) is 94.7 Å². The second-order valence-corrected chi connectivity index (χ2v) is 10.1. The van der Waals surface area contributed by atoms with Gasteiger partial charge in [0.05, 0.1) is 12.4 Å². The Morgan fingerprint density at radius 2 is 1.21 bits per heavy atom. The maximum Gasteiger partial charge on any atom is 0.222 e. The largest absolute Gasteiger partial charge is 0.440 e. The highest BCUT2D eigenvalue weighted by atomic mass is 16.4. The number of aromatic nitrogens is 5. The molecular weight excluding hydrogens is 588 g/mol. The number of nitrogens with one attached hydrogen (secondary N) is 1. The summed E-state index contributed by atoms with van der Waals surface area (Å²) in [5.74, 6) is 3.79. The van der Waals surface area contributed by atoms with Crippen molar-refractivity contribution >= 4 is 5.91 Å². The minimum absolute atomic E-state index is 0.0434. The molecule has 0 atom stereocenters. The van der Waals surface area contributed by atoms with Crippen LogP contribution in [0.4, 0.5) is 0 Å². The van der Waals surface area contributed by atoms with Crippen LogP contribution < -0.4 is 5.32 Å². The molecule has 0 fully saturated rings. The van der Waals surface area contributed by atoms with E-state index in [4.69, 9.17) is 8.83 Å². The van der Waals surface area contributed by atoms with Crippen molar-refractivity contribution in [2.45, 2.75) is 101 Å². The molecule has 5 aromatic rings. The summed E-state index contributed by atoms with van der Waals surface area (Å²) in [7, 11) is 0. The van der Waals surface area contributed by atoms with Crippen LogP contribution in [0, 0.1) is 5.92 Å². The van der Waals surface area contributed by atoms with E-state index in [1.807, 2.05) is 112 Å². The van der Waals surface area contributed by atoms with E-state index in [1.165, 1.54) is 0 Å². The fourth-order valence-electron chi connectivity index (χ4n) is 3.27. The molecule has 1 N–H and O–H groups in total. The standard InChI is InChI=1S/2C11H12N2O.C10H14N2O.3C2H6/c1-8(2)11-13-7-10(14-11)9-4-3-5-12-6-9;1-8(2)11-13-7-10(14-11)9-5-3-4-6-12-9;1-8(2)10(13)12-7-9-3-5-11-6-4-9;3*1-2/h2*3-8H,1-2H3;3-6,8H,7H2,1-2H3,(H,12,13);3*1-2H3. The average molecular weight is 645 g/mol. The minimum atomic E-state index is 0.0434. The second-order valence-electron chi connectivity index (χ2n) is 10.1. The molecule has 0 saturated carbocycles. The van der Waals surface area contributed by atoms with Crippen LogP contribution in [0.2, 0.25) is 0 Å². The topological polar surface area (TPSA) is 120 Å². The number of pyridine rings is 3. The van der Waals surface area contributed by atoms with E-state index in [9.17, 15) is 4.79 Å². The molecule has 0 radical (unpaired) electrons. The molecule has 0 unspecified atom stereocenters. The maximum atomic E-state index is 11.2. The van der Waals surface area contributed by atoms with Gasteiger partial charge in [-0.05, 0) is 42.0 Å². The molecule has 0 saturated heterocycles. The molecule has 0 aromatic carbocycles. The van der Waals surface area contributed by atoms with Crippen molar-refractivity contribution in [3.05, 3.63) is 103 Å². The van der Waals surface area contributed by atoms with Crippen LogP contribution in [0.25, 0.3) is 22.8 Å². The number of carbonyl (C=O) groups excluding carboxylic acids is 1. The zero-order valence-electron chi connectivity index (χ0n) is 30.5. The Hall–Kier alpha value is -4.66. The smallest absolute Gasteiger partial charge is 0.222 e. The molecule has 0 aliphatic rings. The molecule has 5 rings (SSSR count). The Balaban J connectivity index is 0.000000625. The van der Waals surface area contributed by atoms with E-state index in [1.54, 1.807) is 43.4 Å². The first kappa shape index (κ1) is 42.3. The number of rotatable bonds is 7. The van der Waals surface area contributed by atoms with Crippen molar-refractivity contribution in [2.75, 3.05) is 0 Å². The maximum absolute atomic E-state index is 11.2. The Labute approximate surface area is 282 Å². The summed E-state index contributed by atoms with van der Waals surface area (Å²) in [5, 5.41) is 2.83. The van der Waals surface area contributed by atoms with Gasteiger partial charge in [-0.1, -0.05) is 89.2 Å². The van der Waals surface area contributed by atoms with Gasteiger partial charge in [-0.2, -0.15) is 0 Å². The van der Waals surface area contributed by atoms with Gasteiger partial charge in [-0.3, -0.25) is 19.7 Å². The zero-order chi connectivity index (χ0) is 35.6. The number of hydrogen-bond acceptors (Lipinski definition) is 8. The summed E-state index contributed by atoms with van der Waals surface area (Å²) in [6.07, 6.45) is 12.2. The van der Waals surface area contributed by atoms with Crippen molar-refractivity contribution < 1.29 is 13.6 Å². The van der Waals surface area contributed by atoms with Gasteiger partial charge in [-0.25, -0.2) is 9.97 Å². The van der Waals surface area contributed by atoms with Crippen molar-refractivity contribution in [2.24, 2.45) is 5.92 Å². The third-order valence-corrected chi connectivity index (χ3v) is 5.64. The summed E-state index contributed by atoms with van der Waals surface area (Å²) < 4.78 is 11.1. The average Bonchev–Trinajstić information content (AvgIpc) is 3.84. The van der Waals surface area contributed by atoms with E-state index in [-0.39, 0.29) is 11.8 Å².